The topological polar surface area (TPSA) is 71.7 Å². The van der Waals surface area contributed by atoms with E-state index in [1.54, 1.807) is 0 Å². The van der Waals surface area contributed by atoms with Crippen LogP contribution in [0.15, 0.2) is 36.7 Å². The molecule has 1 aliphatic heterocycles. The number of amides is 1. The van der Waals surface area contributed by atoms with Crippen LogP contribution in [0.25, 0.3) is 11.4 Å². The zero-order valence-electron chi connectivity index (χ0n) is 17.5. The third-order valence-electron chi connectivity index (χ3n) is 5.83. The van der Waals surface area contributed by atoms with Crippen molar-refractivity contribution in [3.05, 3.63) is 52.8 Å². The molecule has 0 bridgehead atoms. The molecule has 1 saturated heterocycles. The molecule has 30 heavy (non-hydrogen) atoms. The molecule has 8 heteroatoms. The van der Waals surface area contributed by atoms with Crippen LogP contribution in [0.1, 0.15) is 50.0 Å². The van der Waals surface area contributed by atoms with Crippen molar-refractivity contribution in [2.75, 3.05) is 6.54 Å². The highest BCUT2D eigenvalue weighted by Gasteiger charge is 2.30. The van der Waals surface area contributed by atoms with E-state index in [0.717, 1.165) is 49.6 Å². The van der Waals surface area contributed by atoms with E-state index in [4.69, 9.17) is 12.2 Å². The van der Waals surface area contributed by atoms with Crippen molar-refractivity contribution >= 4 is 18.1 Å². The third-order valence-corrected chi connectivity index (χ3v) is 6.14. The maximum Gasteiger partial charge on any atom is 0.224 e. The Bertz CT molecular complexity index is 1060. The predicted octanol–water partition coefficient (Wildman–Crippen LogP) is 4.28. The quantitative estimate of drug-likeness (QED) is 0.600. The van der Waals surface area contributed by atoms with Gasteiger partial charge in [-0.2, -0.15) is 5.10 Å². The van der Waals surface area contributed by atoms with Gasteiger partial charge in [0, 0.05) is 44.0 Å². The number of nitrogens with zero attached hydrogens (tertiary/aromatic N) is 5. The highest BCUT2D eigenvalue weighted by molar-refractivity contribution is 7.71. The van der Waals surface area contributed by atoms with E-state index in [0.29, 0.717) is 17.7 Å². The van der Waals surface area contributed by atoms with Crippen LogP contribution in [0.2, 0.25) is 0 Å². The maximum atomic E-state index is 13.2. The summed E-state index contributed by atoms with van der Waals surface area (Å²) in [5.41, 5.74) is 2.18. The standard InChI is InChI=1S/C22H28N6OS/c1-3-26-15-12-23-21(26)18-6-4-5-13-27(18)19(29)11-14-28-20(24-25-22(28)30)17-9-7-16(2)8-10-17/h7-10,12,15,18H,3-6,11,13-14H2,1-2H3,(H,25,30)/t18-/m1/s1. The van der Waals surface area contributed by atoms with Crippen molar-refractivity contribution in [1.29, 1.82) is 0 Å². The first-order valence-corrected chi connectivity index (χ1v) is 11.0. The number of rotatable bonds is 6. The highest BCUT2D eigenvalue weighted by Crippen LogP contribution is 2.30. The minimum atomic E-state index is 0.0510. The van der Waals surface area contributed by atoms with E-state index in [1.807, 2.05) is 34.0 Å². The first-order valence-electron chi connectivity index (χ1n) is 10.6. The number of piperidine rings is 1. The van der Waals surface area contributed by atoms with Crippen molar-refractivity contribution in [3.8, 4) is 11.4 Å². The summed E-state index contributed by atoms with van der Waals surface area (Å²) >= 11 is 5.43. The number of carbonyl (C=O) groups excluding carboxylic acids is 1. The summed E-state index contributed by atoms with van der Waals surface area (Å²) in [6, 6.07) is 8.22. The fraction of sp³-hybridized carbons (Fsp3) is 0.455. The van der Waals surface area contributed by atoms with Gasteiger partial charge in [0.25, 0.3) is 0 Å². The summed E-state index contributed by atoms with van der Waals surface area (Å²) in [7, 11) is 0. The molecular formula is C22H28N6OS. The normalized spacial score (nSPS) is 16.7. The molecular weight excluding hydrogens is 396 g/mol. The molecule has 1 amide bonds. The second-order valence-corrected chi connectivity index (χ2v) is 8.18. The lowest BCUT2D eigenvalue weighted by Gasteiger charge is -2.35. The van der Waals surface area contributed by atoms with E-state index >= 15 is 0 Å². The number of aryl methyl sites for hydroxylation is 2. The molecule has 1 aliphatic rings. The van der Waals surface area contributed by atoms with Gasteiger partial charge < -0.3 is 9.47 Å². The SMILES string of the molecule is CCn1ccnc1[C@H]1CCCCN1C(=O)CCn1c(-c2ccc(C)cc2)n[nH]c1=S. The summed E-state index contributed by atoms with van der Waals surface area (Å²) in [4.78, 5) is 19.8. The third kappa shape index (κ3) is 4.09. The number of H-pyrrole nitrogens is 1. The molecule has 158 valence electrons. The zero-order chi connectivity index (χ0) is 21.1. The van der Waals surface area contributed by atoms with E-state index in [1.165, 1.54) is 5.56 Å². The van der Waals surface area contributed by atoms with Gasteiger partial charge in [0.05, 0.1) is 6.04 Å². The smallest absolute Gasteiger partial charge is 0.224 e. The minimum Gasteiger partial charge on any atom is -0.333 e. The molecule has 2 aromatic heterocycles. The van der Waals surface area contributed by atoms with Crippen molar-refractivity contribution in [2.45, 2.75) is 58.7 Å². The summed E-state index contributed by atoms with van der Waals surface area (Å²) in [6.07, 6.45) is 7.32. The second-order valence-electron chi connectivity index (χ2n) is 7.79. The number of aromatic amines is 1. The van der Waals surface area contributed by atoms with Crippen molar-refractivity contribution < 1.29 is 4.79 Å². The molecule has 1 aromatic carbocycles. The first-order chi connectivity index (χ1) is 14.6. The Kier molecular flexibility index (Phi) is 6.13. The van der Waals surface area contributed by atoms with Gasteiger partial charge in [0.2, 0.25) is 5.91 Å². The Labute approximate surface area is 181 Å². The Morgan fingerprint density at radius 2 is 2.07 bits per heavy atom. The van der Waals surface area contributed by atoms with Gasteiger partial charge in [0.15, 0.2) is 10.6 Å². The number of likely N-dealkylation sites (tertiary alicyclic amines) is 1. The number of benzene rings is 1. The lowest BCUT2D eigenvalue weighted by molar-refractivity contribution is -0.135. The zero-order valence-corrected chi connectivity index (χ0v) is 18.4. The van der Waals surface area contributed by atoms with Crippen LogP contribution < -0.4 is 0 Å². The van der Waals surface area contributed by atoms with Crippen LogP contribution in [0.5, 0.6) is 0 Å². The lowest BCUT2D eigenvalue weighted by Crippen LogP contribution is -2.40. The van der Waals surface area contributed by atoms with Gasteiger partial charge in [-0.1, -0.05) is 29.8 Å². The molecule has 0 radical (unpaired) electrons. The fourth-order valence-corrected chi connectivity index (χ4v) is 4.41. The molecule has 4 rings (SSSR count). The van der Waals surface area contributed by atoms with Gasteiger partial charge in [-0.3, -0.25) is 14.5 Å². The van der Waals surface area contributed by atoms with Crippen LogP contribution >= 0.6 is 12.2 Å². The first kappa shape index (κ1) is 20.5. The van der Waals surface area contributed by atoms with E-state index < -0.39 is 0 Å². The molecule has 0 spiro atoms. The predicted molar refractivity (Wildman–Crippen MR) is 118 cm³/mol. The second kappa shape index (κ2) is 8.95. The van der Waals surface area contributed by atoms with E-state index in [9.17, 15) is 4.79 Å². The molecule has 7 nitrogen and oxygen atoms in total. The Morgan fingerprint density at radius 3 is 2.83 bits per heavy atom. The summed E-state index contributed by atoms with van der Waals surface area (Å²) < 4.78 is 4.59. The van der Waals surface area contributed by atoms with Gasteiger partial charge in [0.1, 0.15) is 5.82 Å². The van der Waals surface area contributed by atoms with Crippen LogP contribution in [0.3, 0.4) is 0 Å². The minimum absolute atomic E-state index is 0.0510. The molecule has 1 atom stereocenters. The Morgan fingerprint density at radius 1 is 1.27 bits per heavy atom. The van der Waals surface area contributed by atoms with Gasteiger partial charge >= 0.3 is 0 Å². The molecule has 3 aromatic rings. The van der Waals surface area contributed by atoms with Crippen LogP contribution in [-0.2, 0) is 17.9 Å². The number of aromatic nitrogens is 5. The summed E-state index contributed by atoms with van der Waals surface area (Å²) in [5.74, 6) is 1.90. The number of hydrogen-bond donors (Lipinski definition) is 1. The largest absolute Gasteiger partial charge is 0.333 e. The van der Waals surface area contributed by atoms with Gasteiger partial charge in [-0.25, -0.2) is 4.98 Å². The lowest BCUT2D eigenvalue weighted by atomic mass is 10.0. The molecule has 0 aliphatic carbocycles. The Hall–Kier alpha value is -2.74. The summed E-state index contributed by atoms with van der Waals surface area (Å²) in [6.45, 7) is 6.30. The van der Waals surface area contributed by atoms with Crippen molar-refractivity contribution in [3.63, 3.8) is 0 Å². The van der Waals surface area contributed by atoms with E-state index in [-0.39, 0.29) is 11.9 Å². The highest BCUT2D eigenvalue weighted by atomic mass is 32.1. The van der Waals surface area contributed by atoms with Crippen LogP contribution in [0, 0.1) is 11.7 Å². The molecule has 1 N–H and O–H groups in total. The van der Waals surface area contributed by atoms with Gasteiger partial charge in [-0.05, 0) is 45.3 Å². The van der Waals surface area contributed by atoms with Crippen molar-refractivity contribution in [2.24, 2.45) is 0 Å². The summed E-state index contributed by atoms with van der Waals surface area (Å²) in [5, 5.41) is 7.27. The van der Waals surface area contributed by atoms with Crippen LogP contribution in [0.4, 0.5) is 0 Å². The number of nitrogens with one attached hydrogen (secondary N) is 1. The fourth-order valence-electron chi connectivity index (χ4n) is 4.18. The van der Waals surface area contributed by atoms with Gasteiger partial charge in [-0.15, -0.1) is 0 Å². The number of carbonyl (C=O) groups is 1. The molecule has 0 unspecified atom stereocenters. The van der Waals surface area contributed by atoms with E-state index in [2.05, 4.69) is 45.7 Å². The Balaban J connectivity index is 1.51. The maximum absolute atomic E-state index is 13.2. The number of imidazole rings is 1. The van der Waals surface area contributed by atoms with Crippen molar-refractivity contribution in [1.82, 2.24) is 29.2 Å². The molecule has 0 saturated carbocycles. The average molecular weight is 425 g/mol. The molecule has 3 heterocycles. The monoisotopic (exact) mass is 424 g/mol. The average Bonchev–Trinajstić information content (AvgIpc) is 3.39. The number of hydrogen-bond acceptors (Lipinski definition) is 4. The molecule has 1 fully saturated rings. The van der Waals surface area contributed by atoms with Crippen LogP contribution in [-0.4, -0.2) is 41.7 Å².